The highest BCUT2D eigenvalue weighted by Crippen LogP contribution is 2.30. The van der Waals surface area contributed by atoms with Crippen molar-refractivity contribution >= 4 is 17.5 Å². The van der Waals surface area contributed by atoms with Crippen LogP contribution in [-0.4, -0.2) is 39.3 Å². The second-order valence-electron chi connectivity index (χ2n) is 9.51. The molecule has 194 valence electrons. The fourth-order valence-electron chi connectivity index (χ4n) is 5.05. The number of imidazole rings is 1. The normalized spacial score (nSPS) is 14.4. The molecule has 6 rings (SSSR count). The van der Waals surface area contributed by atoms with Crippen LogP contribution in [0.3, 0.4) is 0 Å². The second-order valence-corrected chi connectivity index (χ2v) is 9.51. The van der Waals surface area contributed by atoms with E-state index >= 15 is 0 Å². The number of hydrogen-bond donors (Lipinski definition) is 2. The number of pyridine rings is 2. The summed E-state index contributed by atoms with van der Waals surface area (Å²) in [6.07, 6.45) is 5.81. The Morgan fingerprint density at radius 2 is 1.74 bits per heavy atom. The molecule has 1 aliphatic rings. The highest BCUT2D eigenvalue weighted by atomic mass is 16.5. The number of aromatic nitrogens is 3. The lowest BCUT2D eigenvalue weighted by Gasteiger charge is -2.26. The van der Waals surface area contributed by atoms with Gasteiger partial charge >= 0.3 is 0 Å². The van der Waals surface area contributed by atoms with Crippen LogP contribution in [0.5, 0.6) is 11.5 Å². The Morgan fingerprint density at radius 1 is 0.923 bits per heavy atom. The van der Waals surface area contributed by atoms with Gasteiger partial charge in [-0.1, -0.05) is 42.5 Å². The van der Waals surface area contributed by atoms with E-state index in [-0.39, 0.29) is 23.6 Å². The molecule has 1 unspecified atom stereocenters. The third kappa shape index (κ3) is 4.96. The van der Waals surface area contributed by atoms with Gasteiger partial charge in [0.2, 0.25) is 0 Å². The number of nitrogens with zero attached hydrogens (tertiary/aromatic N) is 3. The van der Waals surface area contributed by atoms with Crippen molar-refractivity contribution in [3.05, 3.63) is 114 Å². The lowest BCUT2D eigenvalue weighted by atomic mass is 9.88. The third-order valence-corrected chi connectivity index (χ3v) is 6.96. The molecule has 8 nitrogen and oxygen atoms in total. The Labute approximate surface area is 225 Å². The minimum atomic E-state index is -0.272. The van der Waals surface area contributed by atoms with Gasteiger partial charge in [0, 0.05) is 37.1 Å². The number of amides is 2. The average molecular weight is 518 g/mol. The molecule has 2 N–H and O–H groups in total. The van der Waals surface area contributed by atoms with E-state index in [1.807, 2.05) is 71.3 Å². The van der Waals surface area contributed by atoms with Crippen LogP contribution in [0.25, 0.3) is 16.9 Å². The Bertz CT molecular complexity index is 1680. The van der Waals surface area contributed by atoms with Gasteiger partial charge in [0.25, 0.3) is 11.8 Å². The molecule has 3 heterocycles. The van der Waals surface area contributed by atoms with E-state index in [2.05, 4.69) is 21.7 Å². The number of carbonyl (C=O) groups excluding carboxylic acids is 2. The molecule has 0 aliphatic heterocycles. The molecule has 1 atom stereocenters. The summed E-state index contributed by atoms with van der Waals surface area (Å²) in [5.41, 5.74) is 5.49. The Kier molecular flexibility index (Phi) is 6.50. The maximum atomic E-state index is 13.7. The first kappa shape index (κ1) is 24.4. The van der Waals surface area contributed by atoms with Gasteiger partial charge in [0.1, 0.15) is 34.2 Å². The van der Waals surface area contributed by atoms with Crippen molar-refractivity contribution in [2.75, 3.05) is 7.05 Å². The zero-order chi connectivity index (χ0) is 26.8. The molecule has 2 amide bonds. The summed E-state index contributed by atoms with van der Waals surface area (Å²) in [6, 6.07) is 24.8. The Morgan fingerprint density at radius 3 is 2.59 bits per heavy atom. The monoisotopic (exact) mass is 517 g/mol. The zero-order valence-electron chi connectivity index (χ0n) is 21.4. The van der Waals surface area contributed by atoms with Crippen molar-refractivity contribution in [1.29, 1.82) is 0 Å². The maximum absolute atomic E-state index is 13.7. The highest BCUT2D eigenvalue weighted by Gasteiger charge is 2.25. The summed E-state index contributed by atoms with van der Waals surface area (Å²) in [5, 5.41) is 5.84. The number of hydrogen-bond acceptors (Lipinski definition) is 5. The summed E-state index contributed by atoms with van der Waals surface area (Å²) in [6.45, 7) is 0. The summed E-state index contributed by atoms with van der Waals surface area (Å²) in [7, 11) is 1.56. The first-order chi connectivity index (χ1) is 19.1. The number of nitrogens with one attached hydrogen (secondary N) is 2. The minimum absolute atomic E-state index is 0.0288. The number of rotatable bonds is 6. The van der Waals surface area contributed by atoms with E-state index in [0.29, 0.717) is 29.3 Å². The van der Waals surface area contributed by atoms with Gasteiger partial charge in [-0.05, 0) is 60.7 Å². The van der Waals surface area contributed by atoms with Gasteiger partial charge < -0.3 is 15.4 Å². The summed E-state index contributed by atoms with van der Waals surface area (Å²) in [4.78, 5) is 34.5. The van der Waals surface area contributed by atoms with Crippen LogP contribution in [0, 0.1) is 0 Å². The molecule has 39 heavy (non-hydrogen) atoms. The first-order valence-corrected chi connectivity index (χ1v) is 12.9. The molecule has 0 saturated heterocycles. The molecule has 0 spiro atoms. The van der Waals surface area contributed by atoms with E-state index in [1.54, 1.807) is 25.4 Å². The van der Waals surface area contributed by atoms with Crippen LogP contribution in [-0.2, 0) is 12.8 Å². The number of carbonyl (C=O) groups is 2. The lowest BCUT2D eigenvalue weighted by molar-refractivity contribution is 0.0926. The third-order valence-electron chi connectivity index (χ3n) is 6.96. The van der Waals surface area contributed by atoms with E-state index < -0.39 is 0 Å². The summed E-state index contributed by atoms with van der Waals surface area (Å²) >= 11 is 0. The molecule has 2 aromatic carbocycles. The molecular weight excluding hydrogens is 490 g/mol. The van der Waals surface area contributed by atoms with Crippen molar-refractivity contribution in [1.82, 2.24) is 25.0 Å². The molecule has 0 saturated carbocycles. The van der Waals surface area contributed by atoms with Gasteiger partial charge in [-0.2, -0.15) is 0 Å². The number of benzene rings is 2. The fourth-order valence-corrected chi connectivity index (χ4v) is 5.05. The summed E-state index contributed by atoms with van der Waals surface area (Å²) in [5.74, 6) is 0.783. The zero-order valence-corrected chi connectivity index (χ0v) is 21.4. The van der Waals surface area contributed by atoms with Crippen LogP contribution < -0.4 is 15.4 Å². The smallest absolute Gasteiger partial charge is 0.270 e. The van der Waals surface area contributed by atoms with Crippen molar-refractivity contribution in [2.24, 2.45) is 0 Å². The molecule has 0 fully saturated rings. The predicted molar refractivity (Wildman–Crippen MR) is 148 cm³/mol. The Balaban J connectivity index is 1.22. The molecular formula is C31H27N5O3. The van der Waals surface area contributed by atoms with Crippen molar-refractivity contribution in [2.45, 2.75) is 25.3 Å². The number of fused-ring (bicyclic) bond motifs is 2. The molecule has 0 bridgehead atoms. The average Bonchev–Trinajstić information content (AvgIpc) is 3.37. The summed E-state index contributed by atoms with van der Waals surface area (Å²) < 4.78 is 7.90. The van der Waals surface area contributed by atoms with Crippen LogP contribution in [0.4, 0.5) is 0 Å². The molecule has 3 aromatic heterocycles. The topological polar surface area (TPSA) is 97.6 Å². The maximum Gasteiger partial charge on any atom is 0.270 e. The second kappa shape index (κ2) is 10.4. The Hall–Kier alpha value is -4.98. The fraction of sp³-hybridized carbons (Fsp3) is 0.161. The van der Waals surface area contributed by atoms with Crippen LogP contribution in [0.15, 0.2) is 91.3 Å². The molecule has 8 heteroatoms. The van der Waals surface area contributed by atoms with Gasteiger partial charge in [-0.15, -0.1) is 0 Å². The SMILES string of the molecule is CNC(=O)c1cc(Oc2ccc3c(c2)CC(NC(=O)c2c(-c4ccccc4)nc4ccccn24)CC3)ccn1. The van der Waals surface area contributed by atoms with Crippen LogP contribution >= 0.6 is 0 Å². The van der Waals surface area contributed by atoms with Gasteiger partial charge in [-0.25, -0.2) is 4.98 Å². The van der Waals surface area contributed by atoms with Crippen molar-refractivity contribution in [3.8, 4) is 22.8 Å². The van der Waals surface area contributed by atoms with E-state index in [9.17, 15) is 9.59 Å². The standard InChI is InChI=1S/C31H27N5O3/c1-32-30(37)26-19-25(14-15-33-26)39-24-13-11-20-10-12-23(17-22(20)18-24)34-31(38)29-28(21-7-3-2-4-8-21)35-27-9-5-6-16-36(27)29/h2-9,11,13-16,18-19,23H,10,12,17H2,1H3,(H,32,37)(H,34,38). The van der Waals surface area contributed by atoms with Crippen LogP contribution in [0.2, 0.25) is 0 Å². The first-order valence-electron chi connectivity index (χ1n) is 12.9. The van der Waals surface area contributed by atoms with Gasteiger partial charge in [-0.3, -0.25) is 19.0 Å². The highest BCUT2D eigenvalue weighted by molar-refractivity contribution is 6.00. The van der Waals surface area contributed by atoms with Gasteiger partial charge in [0.05, 0.1) is 0 Å². The van der Waals surface area contributed by atoms with Crippen LogP contribution in [0.1, 0.15) is 38.5 Å². The number of aryl methyl sites for hydroxylation is 1. The largest absolute Gasteiger partial charge is 0.457 e. The molecule has 5 aromatic rings. The van der Waals surface area contributed by atoms with Crippen molar-refractivity contribution in [3.63, 3.8) is 0 Å². The molecule has 1 aliphatic carbocycles. The quantitative estimate of drug-likeness (QED) is 0.336. The predicted octanol–water partition coefficient (Wildman–Crippen LogP) is 4.84. The minimum Gasteiger partial charge on any atom is -0.457 e. The van der Waals surface area contributed by atoms with Gasteiger partial charge in [0.15, 0.2) is 0 Å². The van der Waals surface area contributed by atoms with Crippen molar-refractivity contribution < 1.29 is 14.3 Å². The lowest BCUT2D eigenvalue weighted by Crippen LogP contribution is -2.39. The van der Waals surface area contributed by atoms with E-state index in [4.69, 9.17) is 9.72 Å². The van der Waals surface area contributed by atoms with E-state index in [0.717, 1.165) is 29.6 Å². The molecule has 0 radical (unpaired) electrons. The van der Waals surface area contributed by atoms with E-state index in [1.165, 1.54) is 5.56 Å². The number of ether oxygens (including phenoxy) is 1.